The summed E-state index contributed by atoms with van der Waals surface area (Å²) in [5, 5.41) is 0. The van der Waals surface area contributed by atoms with Gasteiger partial charge in [0.15, 0.2) is 5.82 Å². The summed E-state index contributed by atoms with van der Waals surface area (Å²) in [5.74, 6) is 1.84. The summed E-state index contributed by atoms with van der Waals surface area (Å²) in [6.45, 7) is 3.71. The van der Waals surface area contributed by atoms with Gasteiger partial charge in [-0.25, -0.2) is 9.97 Å². The summed E-state index contributed by atoms with van der Waals surface area (Å²) in [6.07, 6.45) is 5.47. The number of imidazole rings is 1. The Balaban J connectivity index is 1.64. The Bertz CT molecular complexity index is 942. The van der Waals surface area contributed by atoms with Gasteiger partial charge in [-0.3, -0.25) is 4.79 Å². The minimum atomic E-state index is -0.0432. The van der Waals surface area contributed by atoms with Crippen molar-refractivity contribution in [3.63, 3.8) is 0 Å². The van der Waals surface area contributed by atoms with Crippen molar-refractivity contribution in [2.24, 2.45) is 7.05 Å². The number of anilines is 1. The SMILES string of the molecule is Cc1ccc2nc([C@H]3CCCN(c4nccn(C)c4=O)C3)[nH]c2c1. The molecule has 0 aliphatic carbocycles. The first-order valence-electron chi connectivity index (χ1n) is 8.34. The molecule has 24 heavy (non-hydrogen) atoms. The molecule has 0 unspecified atom stereocenters. The lowest BCUT2D eigenvalue weighted by Gasteiger charge is -2.32. The van der Waals surface area contributed by atoms with E-state index < -0.39 is 0 Å². The molecule has 124 valence electrons. The van der Waals surface area contributed by atoms with Crippen molar-refractivity contribution >= 4 is 16.9 Å². The molecule has 0 spiro atoms. The third kappa shape index (κ3) is 2.58. The first-order chi connectivity index (χ1) is 11.6. The number of H-pyrrole nitrogens is 1. The van der Waals surface area contributed by atoms with Crippen LogP contribution < -0.4 is 10.5 Å². The van der Waals surface area contributed by atoms with Crippen LogP contribution in [0.15, 0.2) is 35.4 Å². The van der Waals surface area contributed by atoms with Crippen LogP contribution in [0, 0.1) is 6.92 Å². The second kappa shape index (κ2) is 5.78. The molecule has 1 saturated heterocycles. The molecule has 1 atom stereocenters. The van der Waals surface area contributed by atoms with Crippen LogP contribution in [0.4, 0.5) is 5.82 Å². The van der Waals surface area contributed by atoms with Crippen molar-refractivity contribution in [1.29, 1.82) is 0 Å². The van der Waals surface area contributed by atoms with E-state index in [1.807, 2.05) is 0 Å². The maximum atomic E-state index is 12.3. The molecule has 0 saturated carbocycles. The third-order valence-corrected chi connectivity index (χ3v) is 4.76. The van der Waals surface area contributed by atoms with Gasteiger partial charge in [0.05, 0.1) is 11.0 Å². The molecule has 1 fully saturated rings. The van der Waals surface area contributed by atoms with Gasteiger partial charge in [-0.1, -0.05) is 6.07 Å². The van der Waals surface area contributed by atoms with E-state index in [4.69, 9.17) is 4.98 Å². The Labute approximate surface area is 140 Å². The number of nitrogens with zero attached hydrogens (tertiary/aromatic N) is 4. The molecule has 1 N–H and O–H groups in total. The molecule has 0 bridgehead atoms. The number of benzene rings is 1. The monoisotopic (exact) mass is 323 g/mol. The molecule has 2 aromatic heterocycles. The standard InChI is InChI=1S/C18H21N5O/c1-12-5-6-14-15(10-12)21-16(20-14)13-4-3-8-23(11-13)17-18(24)22(2)9-7-19-17/h5-7,9-10,13H,3-4,8,11H2,1-2H3,(H,20,21)/t13-/m0/s1. The first-order valence-corrected chi connectivity index (χ1v) is 8.34. The van der Waals surface area contributed by atoms with E-state index >= 15 is 0 Å². The molecule has 0 amide bonds. The average Bonchev–Trinajstić information content (AvgIpc) is 3.00. The fourth-order valence-corrected chi connectivity index (χ4v) is 3.43. The Kier molecular flexibility index (Phi) is 3.59. The number of aryl methyl sites for hydroxylation is 2. The summed E-state index contributed by atoms with van der Waals surface area (Å²) >= 11 is 0. The van der Waals surface area contributed by atoms with Crippen LogP contribution in [-0.4, -0.2) is 32.6 Å². The fourth-order valence-electron chi connectivity index (χ4n) is 3.43. The summed E-state index contributed by atoms with van der Waals surface area (Å²) in [7, 11) is 1.76. The Morgan fingerprint density at radius 3 is 3.08 bits per heavy atom. The highest BCUT2D eigenvalue weighted by Gasteiger charge is 2.26. The number of rotatable bonds is 2. The first kappa shape index (κ1) is 14.9. The zero-order valence-corrected chi connectivity index (χ0v) is 14.0. The maximum Gasteiger partial charge on any atom is 0.293 e. The molecule has 1 aliphatic rings. The van der Waals surface area contributed by atoms with E-state index in [2.05, 4.69) is 40.0 Å². The molecule has 1 aromatic carbocycles. The zero-order valence-electron chi connectivity index (χ0n) is 14.0. The van der Waals surface area contributed by atoms with Gasteiger partial charge in [-0.2, -0.15) is 0 Å². The Morgan fingerprint density at radius 2 is 2.21 bits per heavy atom. The minimum absolute atomic E-state index is 0.0432. The zero-order chi connectivity index (χ0) is 16.7. The predicted molar refractivity (Wildman–Crippen MR) is 94.5 cm³/mol. The van der Waals surface area contributed by atoms with Crippen molar-refractivity contribution < 1.29 is 0 Å². The molecule has 6 nitrogen and oxygen atoms in total. The lowest BCUT2D eigenvalue weighted by Crippen LogP contribution is -2.39. The average molecular weight is 323 g/mol. The van der Waals surface area contributed by atoms with Crippen LogP contribution in [0.1, 0.15) is 30.1 Å². The number of nitrogens with one attached hydrogen (secondary N) is 1. The molecule has 0 radical (unpaired) electrons. The molecule has 6 heteroatoms. The van der Waals surface area contributed by atoms with Gasteiger partial charge in [0.2, 0.25) is 0 Å². The second-order valence-electron chi connectivity index (χ2n) is 6.59. The maximum absolute atomic E-state index is 12.3. The van der Waals surface area contributed by atoms with E-state index in [9.17, 15) is 4.79 Å². The quantitative estimate of drug-likeness (QED) is 0.786. The van der Waals surface area contributed by atoms with Gasteiger partial charge in [0.25, 0.3) is 5.56 Å². The van der Waals surface area contributed by atoms with Gasteiger partial charge in [0.1, 0.15) is 5.82 Å². The van der Waals surface area contributed by atoms with Gasteiger partial charge in [-0.05, 0) is 37.5 Å². The minimum Gasteiger partial charge on any atom is -0.351 e. The summed E-state index contributed by atoms with van der Waals surface area (Å²) in [6, 6.07) is 6.26. The fraction of sp³-hybridized carbons (Fsp3) is 0.389. The normalized spacial score (nSPS) is 18.2. The van der Waals surface area contributed by atoms with E-state index in [-0.39, 0.29) is 11.5 Å². The van der Waals surface area contributed by atoms with Crippen molar-refractivity contribution in [3.05, 3.63) is 52.3 Å². The lowest BCUT2D eigenvalue weighted by molar-refractivity contribution is 0.490. The highest BCUT2D eigenvalue weighted by Crippen LogP contribution is 2.28. The third-order valence-electron chi connectivity index (χ3n) is 4.76. The van der Waals surface area contributed by atoms with E-state index in [0.717, 1.165) is 42.8 Å². The number of fused-ring (bicyclic) bond motifs is 1. The van der Waals surface area contributed by atoms with Gasteiger partial charge < -0.3 is 14.5 Å². The number of aromatic amines is 1. The Morgan fingerprint density at radius 1 is 1.33 bits per heavy atom. The number of hydrogen-bond donors (Lipinski definition) is 1. The van der Waals surface area contributed by atoms with E-state index in [1.54, 1.807) is 24.0 Å². The van der Waals surface area contributed by atoms with Crippen molar-refractivity contribution in [3.8, 4) is 0 Å². The smallest absolute Gasteiger partial charge is 0.293 e. The van der Waals surface area contributed by atoms with Crippen LogP contribution in [0.25, 0.3) is 11.0 Å². The number of hydrogen-bond acceptors (Lipinski definition) is 4. The van der Waals surface area contributed by atoms with Crippen LogP contribution in [0.2, 0.25) is 0 Å². The van der Waals surface area contributed by atoms with Crippen molar-refractivity contribution in [1.82, 2.24) is 19.5 Å². The van der Waals surface area contributed by atoms with Crippen LogP contribution >= 0.6 is 0 Å². The topological polar surface area (TPSA) is 66.8 Å². The number of aromatic nitrogens is 4. The second-order valence-corrected chi connectivity index (χ2v) is 6.59. The Hall–Kier alpha value is -2.63. The lowest BCUT2D eigenvalue weighted by atomic mass is 9.97. The van der Waals surface area contributed by atoms with Gasteiger partial charge in [0, 0.05) is 38.4 Å². The van der Waals surface area contributed by atoms with Crippen LogP contribution in [0.3, 0.4) is 0 Å². The van der Waals surface area contributed by atoms with Gasteiger partial charge >= 0.3 is 0 Å². The largest absolute Gasteiger partial charge is 0.351 e. The molecule has 4 rings (SSSR count). The van der Waals surface area contributed by atoms with E-state index in [1.165, 1.54) is 5.56 Å². The van der Waals surface area contributed by atoms with Gasteiger partial charge in [-0.15, -0.1) is 0 Å². The predicted octanol–water partition coefficient (Wildman–Crippen LogP) is 2.35. The summed E-state index contributed by atoms with van der Waals surface area (Å²) in [4.78, 5) is 26.9. The molecule has 3 heterocycles. The highest BCUT2D eigenvalue weighted by molar-refractivity contribution is 5.75. The number of piperidine rings is 1. The molecule has 3 aromatic rings. The highest BCUT2D eigenvalue weighted by atomic mass is 16.1. The van der Waals surface area contributed by atoms with E-state index in [0.29, 0.717) is 5.82 Å². The summed E-state index contributed by atoms with van der Waals surface area (Å²) in [5.41, 5.74) is 3.26. The summed E-state index contributed by atoms with van der Waals surface area (Å²) < 4.78 is 1.58. The van der Waals surface area contributed by atoms with Crippen molar-refractivity contribution in [2.75, 3.05) is 18.0 Å². The molecular weight excluding hydrogens is 302 g/mol. The van der Waals surface area contributed by atoms with Crippen molar-refractivity contribution in [2.45, 2.75) is 25.7 Å². The van der Waals surface area contributed by atoms with Crippen LogP contribution in [-0.2, 0) is 7.05 Å². The molecule has 1 aliphatic heterocycles. The molecular formula is C18H21N5O. The van der Waals surface area contributed by atoms with Crippen LogP contribution in [0.5, 0.6) is 0 Å².